The smallest absolute Gasteiger partial charge is 0.222 e. The van der Waals surface area contributed by atoms with Gasteiger partial charge < -0.3 is 5.32 Å². The molecule has 0 saturated heterocycles. The summed E-state index contributed by atoms with van der Waals surface area (Å²) in [6, 6.07) is 0. The van der Waals surface area contributed by atoms with E-state index in [2.05, 4.69) is 45.1 Å². The molecule has 78 valence electrons. The molecular weight excluding hydrogens is 265 g/mol. The molecule has 14 heavy (non-hydrogen) atoms. The first kappa shape index (κ1) is 11.7. The summed E-state index contributed by atoms with van der Waals surface area (Å²) in [6.07, 6.45) is 3.40. The minimum atomic E-state index is 0.0993. The number of alkyl halides is 1. The maximum absolute atomic E-state index is 6.07. The van der Waals surface area contributed by atoms with E-state index in [0.29, 0.717) is 18.4 Å². The molecule has 0 amide bonds. The van der Waals surface area contributed by atoms with Gasteiger partial charge in [0.1, 0.15) is 0 Å². The Morgan fingerprint density at radius 3 is 2.50 bits per heavy atom. The van der Waals surface area contributed by atoms with Crippen LogP contribution < -0.4 is 5.32 Å². The molecule has 0 aliphatic carbocycles. The van der Waals surface area contributed by atoms with Gasteiger partial charge in [-0.25, -0.2) is 9.97 Å². The van der Waals surface area contributed by atoms with Crippen LogP contribution in [-0.2, 0) is 0 Å². The van der Waals surface area contributed by atoms with Crippen molar-refractivity contribution < 1.29 is 0 Å². The summed E-state index contributed by atoms with van der Waals surface area (Å²) >= 11 is 9.34. The van der Waals surface area contributed by atoms with Gasteiger partial charge in [-0.2, -0.15) is 0 Å². The van der Waals surface area contributed by atoms with Crippen molar-refractivity contribution in [3.05, 3.63) is 16.9 Å². The Hall–Kier alpha value is -0.350. The number of nitrogens with zero attached hydrogens (tertiary/aromatic N) is 2. The van der Waals surface area contributed by atoms with Crippen LogP contribution in [0.15, 0.2) is 16.9 Å². The molecule has 1 heterocycles. The number of halogens is 2. The van der Waals surface area contributed by atoms with Crippen molar-refractivity contribution in [2.75, 3.05) is 11.9 Å². The van der Waals surface area contributed by atoms with Gasteiger partial charge in [0.05, 0.1) is 9.85 Å². The first-order valence-electron chi connectivity index (χ1n) is 4.45. The highest BCUT2D eigenvalue weighted by Crippen LogP contribution is 2.11. The summed E-state index contributed by atoms with van der Waals surface area (Å²) in [6.45, 7) is 4.85. The minimum Gasteiger partial charge on any atom is -0.353 e. The number of hydrogen-bond donors (Lipinski definition) is 1. The van der Waals surface area contributed by atoms with E-state index in [1.54, 1.807) is 12.4 Å². The molecular formula is C9H13BrClN3. The molecule has 1 rings (SSSR count). The Morgan fingerprint density at radius 1 is 1.43 bits per heavy atom. The van der Waals surface area contributed by atoms with E-state index < -0.39 is 0 Å². The average Bonchev–Trinajstić information content (AvgIpc) is 2.16. The van der Waals surface area contributed by atoms with Gasteiger partial charge in [0.2, 0.25) is 5.95 Å². The van der Waals surface area contributed by atoms with E-state index >= 15 is 0 Å². The lowest BCUT2D eigenvalue weighted by Gasteiger charge is -2.13. The quantitative estimate of drug-likeness (QED) is 0.861. The van der Waals surface area contributed by atoms with Crippen molar-refractivity contribution in [3.8, 4) is 0 Å². The van der Waals surface area contributed by atoms with Crippen LogP contribution in [0.5, 0.6) is 0 Å². The van der Waals surface area contributed by atoms with Crippen molar-refractivity contribution in [2.24, 2.45) is 5.92 Å². The maximum atomic E-state index is 6.07. The third-order valence-corrected chi connectivity index (χ3v) is 2.87. The second-order valence-electron chi connectivity index (χ2n) is 3.37. The first-order chi connectivity index (χ1) is 6.59. The number of nitrogens with one attached hydrogen (secondary N) is 1. The van der Waals surface area contributed by atoms with Crippen LogP contribution in [0.25, 0.3) is 0 Å². The molecule has 0 aliphatic heterocycles. The maximum Gasteiger partial charge on any atom is 0.222 e. The SMILES string of the molecule is CC(C)C(Cl)CNc1ncc(Br)cn1. The predicted molar refractivity (Wildman–Crippen MR) is 62.7 cm³/mol. The van der Waals surface area contributed by atoms with E-state index in [9.17, 15) is 0 Å². The summed E-state index contributed by atoms with van der Waals surface area (Å²) < 4.78 is 0.870. The highest BCUT2D eigenvalue weighted by atomic mass is 79.9. The topological polar surface area (TPSA) is 37.8 Å². The van der Waals surface area contributed by atoms with Gasteiger partial charge in [-0.1, -0.05) is 13.8 Å². The number of anilines is 1. The average molecular weight is 279 g/mol. The standard InChI is InChI=1S/C9H13BrClN3/c1-6(2)8(11)5-14-9-12-3-7(10)4-13-9/h3-4,6,8H,5H2,1-2H3,(H,12,13,14). The molecule has 1 unspecified atom stereocenters. The number of aromatic nitrogens is 2. The monoisotopic (exact) mass is 277 g/mol. The molecule has 0 aliphatic rings. The Morgan fingerprint density at radius 2 is 2.00 bits per heavy atom. The molecule has 0 fully saturated rings. The fraction of sp³-hybridized carbons (Fsp3) is 0.556. The lowest BCUT2D eigenvalue weighted by molar-refractivity contribution is 0.615. The molecule has 1 N–H and O–H groups in total. The van der Waals surface area contributed by atoms with Crippen molar-refractivity contribution >= 4 is 33.5 Å². The fourth-order valence-electron chi connectivity index (χ4n) is 0.828. The highest BCUT2D eigenvalue weighted by molar-refractivity contribution is 9.10. The third-order valence-electron chi connectivity index (χ3n) is 1.80. The normalized spacial score (nSPS) is 12.9. The Balaban J connectivity index is 2.42. The van der Waals surface area contributed by atoms with E-state index in [-0.39, 0.29) is 5.38 Å². The van der Waals surface area contributed by atoms with E-state index in [1.165, 1.54) is 0 Å². The van der Waals surface area contributed by atoms with Crippen LogP contribution in [0.3, 0.4) is 0 Å². The van der Waals surface area contributed by atoms with E-state index in [1.807, 2.05) is 0 Å². The zero-order valence-electron chi connectivity index (χ0n) is 8.17. The van der Waals surface area contributed by atoms with Gasteiger partial charge in [-0.3, -0.25) is 0 Å². The van der Waals surface area contributed by atoms with Gasteiger partial charge in [0.15, 0.2) is 0 Å². The molecule has 1 atom stereocenters. The van der Waals surface area contributed by atoms with Crippen LogP contribution in [0, 0.1) is 5.92 Å². The summed E-state index contributed by atoms with van der Waals surface area (Å²) in [7, 11) is 0. The summed E-state index contributed by atoms with van der Waals surface area (Å²) in [5.74, 6) is 1.05. The van der Waals surface area contributed by atoms with Crippen LogP contribution in [0.2, 0.25) is 0 Å². The summed E-state index contributed by atoms with van der Waals surface area (Å²) in [4.78, 5) is 8.16. The van der Waals surface area contributed by atoms with Gasteiger partial charge in [0.25, 0.3) is 0 Å². The van der Waals surface area contributed by atoms with Crippen LogP contribution in [0.1, 0.15) is 13.8 Å². The second-order valence-corrected chi connectivity index (χ2v) is 4.84. The van der Waals surface area contributed by atoms with Crippen molar-refractivity contribution in [2.45, 2.75) is 19.2 Å². The molecule has 0 saturated carbocycles. The van der Waals surface area contributed by atoms with Crippen LogP contribution in [-0.4, -0.2) is 21.9 Å². The fourth-order valence-corrected chi connectivity index (χ4v) is 1.11. The number of rotatable bonds is 4. The third kappa shape index (κ3) is 3.80. The lowest BCUT2D eigenvalue weighted by Crippen LogP contribution is -2.20. The minimum absolute atomic E-state index is 0.0993. The zero-order valence-corrected chi connectivity index (χ0v) is 10.5. The highest BCUT2D eigenvalue weighted by Gasteiger charge is 2.09. The summed E-state index contributed by atoms with van der Waals surface area (Å²) in [5, 5.41) is 3.18. The zero-order chi connectivity index (χ0) is 10.6. The number of hydrogen-bond acceptors (Lipinski definition) is 3. The Bertz CT molecular complexity index is 276. The molecule has 0 radical (unpaired) electrons. The van der Waals surface area contributed by atoms with Crippen molar-refractivity contribution in [3.63, 3.8) is 0 Å². The van der Waals surface area contributed by atoms with Gasteiger partial charge >= 0.3 is 0 Å². The molecule has 1 aromatic rings. The molecule has 0 aromatic carbocycles. The summed E-state index contributed by atoms with van der Waals surface area (Å²) in [5.41, 5.74) is 0. The van der Waals surface area contributed by atoms with Crippen LogP contribution >= 0.6 is 27.5 Å². The van der Waals surface area contributed by atoms with E-state index in [0.717, 1.165) is 4.47 Å². The largest absolute Gasteiger partial charge is 0.353 e. The second kappa shape index (κ2) is 5.51. The first-order valence-corrected chi connectivity index (χ1v) is 5.68. The van der Waals surface area contributed by atoms with Crippen LogP contribution in [0.4, 0.5) is 5.95 Å². The molecule has 3 nitrogen and oxygen atoms in total. The van der Waals surface area contributed by atoms with Gasteiger partial charge in [-0.15, -0.1) is 11.6 Å². The molecule has 0 bridgehead atoms. The van der Waals surface area contributed by atoms with Crippen molar-refractivity contribution in [1.29, 1.82) is 0 Å². The van der Waals surface area contributed by atoms with E-state index in [4.69, 9.17) is 11.6 Å². The lowest BCUT2D eigenvalue weighted by atomic mass is 10.1. The molecule has 0 spiro atoms. The molecule has 1 aromatic heterocycles. The Labute approximate surface area is 97.4 Å². The van der Waals surface area contributed by atoms with Gasteiger partial charge in [0, 0.05) is 18.9 Å². The Kier molecular flexibility index (Phi) is 4.62. The van der Waals surface area contributed by atoms with Gasteiger partial charge in [-0.05, 0) is 21.8 Å². The molecule has 5 heteroatoms. The van der Waals surface area contributed by atoms with Crippen molar-refractivity contribution in [1.82, 2.24) is 9.97 Å². The predicted octanol–water partition coefficient (Wildman–Crippen LogP) is 2.91.